The Balaban J connectivity index is 2.13. The van der Waals surface area contributed by atoms with Crippen molar-refractivity contribution >= 4 is 0 Å². The number of hydrogen-bond donors (Lipinski definition) is 1. The molecule has 0 fully saturated rings. The highest BCUT2D eigenvalue weighted by molar-refractivity contribution is 5.31. The summed E-state index contributed by atoms with van der Waals surface area (Å²) >= 11 is 0. The summed E-state index contributed by atoms with van der Waals surface area (Å²) in [4.78, 5) is 0. The number of rotatable bonds is 7. The Kier molecular flexibility index (Phi) is 5.39. The summed E-state index contributed by atoms with van der Waals surface area (Å²) in [5.41, 5.74) is 2.33. The quantitative estimate of drug-likeness (QED) is 0.848. The van der Waals surface area contributed by atoms with Crippen molar-refractivity contribution in [1.29, 1.82) is 0 Å². The summed E-state index contributed by atoms with van der Waals surface area (Å²) in [6, 6.07) is 11.0. The van der Waals surface area contributed by atoms with Gasteiger partial charge in [-0.15, -0.1) is 0 Å². The second-order valence-electron chi connectivity index (χ2n) is 5.37. The number of likely N-dealkylation sites (N-methyl/N-ethyl adjacent to an activating group) is 1. The molecule has 2 rings (SSSR count). The molecule has 0 aliphatic carbocycles. The van der Waals surface area contributed by atoms with E-state index in [1.807, 2.05) is 23.9 Å². The molecule has 0 spiro atoms. The van der Waals surface area contributed by atoms with Crippen molar-refractivity contribution < 1.29 is 4.74 Å². The maximum Gasteiger partial charge on any atom is 0.119 e. The van der Waals surface area contributed by atoms with E-state index in [4.69, 9.17) is 4.74 Å². The van der Waals surface area contributed by atoms with Crippen LogP contribution in [-0.2, 0) is 6.42 Å². The van der Waals surface area contributed by atoms with E-state index in [9.17, 15) is 0 Å². The van der Waals surface area contributed by atoms with Crippen molar-refractivity contribution in [3.63, 3.8) is 0 Å². The van der Waals surface area contributed by atoms with Gasteiger partial charge in [0, 0.05) is 24.7 Å². The molecule has 1 N–H and O–H groups in total. The molecule has 2 unspecified atom stereocenters. The molecular formula is C17H25N3O. The summed E-state index contributed by atoms with van der Waals surface area (Å²) in [7, 11) is 3.68. The first kappa shape index (κ1) is 15.6. The fraction of sp³-hybridized carbons (Fsp3) is 0.471. The Morgan fingerprint density at radius 2 is 2.14 bits per heavy atom. The average molecular weight is 287 g/mol. The fourth-order valence-corrected chi connectivity index (χ4v) is 2.37. The molecule has 0 aliphatic rings. The Morgan fingerprint density at radius 3 is 2.81 bits per heavy atom. The highest BCUT2D eigenvalue weighted by Crippen LogP contribution is 2.22. The van der Waals surface area contributed by atoms with Crippen LogP contribution in [0.3, 0.4) is 0 Å². The third kappa shape index (κ3) is 3.85. The lowest BCUT2D eigenvalue weighted by atomic mass is 10.0. The van der Waals surface area contributed by atoms with Crippen LogP contribution in [0.2, 0.25) is 0 Å². The molecule has 1 heterocycles. The van der Waals surface area contributed by atoms with Crippen LogP contribution in [0.1, 0.15) is 43.6 Å². The maximum absolute atomic E-state index is 5.30. The lowest BCUT2D eigenvalue weighted by Gasteiger charge is -2.16. The van der Waals surface area contributed by atoms with Gasteiger partial charge in [0.05, 0.1) is 12.8 Å². The summed E-state index contributed by atoms with van der Waals surface area (Å²) in [5.74, 6) is 0.887. The van der Waals surface area contributed by atoms with E-state index in [1.165, 1.54) is 5.56 Å². The molecule has 0 aliphatic heterocycles. The Hall–Kier alpha value is -1.81. The monoisotopic (exact) mass is 287 g/mol. The molecule has 0 saturated carbocycles. The van der Waals surface area contributed by atoms with Crippen molar-refractivity contribution in [2.45, 2.75) is 38.8 Å². The number of benzene rings is 1. The normalized spacial score (nSPS) is 13.9. The Morgan fingerprint density at radius 1 is 1.33 bits per heavy atom. The van der Waals surface area contributed by atoms with E-state index in [2.05, 4.69) is 48.7 Å². The zero-order chi connectivity index (χ0) is 15.2. The molecule has 114 valence electrons. The van der Waals surface area contributed by atoms with Crippen molar-refractivity contribution in [3.05, 3.63) is 47.8 Å². The SMILES string of the molecule is CCC(C)n1ccc(CC(NC)c2cccc(OC)c2)n1. The highest BCUT2D eigenvalue weighted by atomic mass is 16.5. The molecule has 1 aromatic heterocycles. The lowest BCUT2D eigenvalue weighted by Crippen LogP contribution is -2.19. The van der Waals surface area contributed by atoms with Crippen molar-refractivity contribution in [3.8, 4) is 5.75 Å². The molecule has 1 aromatic carbocycles. The minimum Gasteiger partial charge on any atom is -0.497 e. The van der Waals surface area contributed by atoms with Gasteiger partial charge in [0.1, 0.15) is 5.75 Å². The van der Waals surface area contributed by atoms with E-state index < -0.39 is 0 Å². The van der Waals surface area contributed by atoms with Crippen LogP contribution >= 0.6 is 0 Å². The third-order valence-corrected chi connectivity index (χ3v) is 3.96. The van der Waals surface area contributed by atoms with Gasteiger partial charge in [0.15, 0.2) is 0 Å². The number of methoxy groups -OCH3 is 1. The van der Waals surface area contributed by atoms with Crippen molar-refractivity contribution in [2.75, 3.05) is 14.2 Å². The predicted octanol–water partition coefficient (Wildman–Crippen LogP) is 3.37. The number of ether oxygens (including phenoxy) is 1. The van der Waals surface area contributed by atoms with Crippen molar-refractivity contribution in [1.82, 2.24) is 15.1 Å². The summed E-state index contributed by atoms with van der Waals surface area (Å²) in [5, 5.41) is 8.05. The van der Waals surface area contributed by atoms with Crippen LogP contribution in [0.5, 0.6) is 5.75 Å². The van der Waals surface area contributed by atoms with Crippen LogP contribution in [-0.4, -0.2) is 23.9 Å². The van der Waals surface area contributed by atoms with Gasteiger partial charge in [-0.3, -0.25) is 4.68 Å². The predicted molar refractivity (Wildman–Crippen MR) is 85.7 cm³/mol. The van der Waals surface area contributed by atoms with E-state index >= 15 is 0 Å². The second-order valence-corrected chi connectivity index (χ2v) is 5.37. The topological polar surface area (TPSA) is 39.1 Å². The third-order valence-electron chi connectivity index (χ3n) is 3.96. The minimum absolute atomic E-state index is 0.236. The van der Waals surface area contributed by atoms with Gasteiger partial charge in [-0.05, 0) is 44.2 Å². The molecule has 4 nitrogen and oxygen atoms in total. The first-order valence-corrected chi connectivity index (χ1v) is 7.53. The smallest absolute Gasteiger partial charge is 0.119 e. The van der Waals surface area contributed by atoms with E-state index in [0.717, 1.165) is 24.3 Å². The Labute approximate surface area is 127 Å². The molecule has 0 bridgehead atoms. The molecule has 0 radical (unpaired) electrons. The number of nitrogens with zero attached hydrogens (tertiary/aromatic N) is 2. The van der Waals surface area contributed by atoms with Gasteiger partial charge in [-0.2, -0.15) is 5.10 Å². The van der Waals surface area contributed by atoms with Crippen LogP contribution in [0.25, 0.3) is 0 Å². The second kappa shape index (κ2) is 7.27. The van der Waals surface area contributed by atoms with Crippen LogP contribution in [0.15, 0.2) is 36.5 Å². The van der Waals surface area contributed by atoms with Gasteiger partial charge in [-0.25, -0.2) is 0 Å². The van der Waals surface area contributed by atoms with Gasteiger partial charge >= 0.3 is 0 Å². The molecule has 21 heavy (non-hydrogen) atoms. The molecule has 4 heteroatoms. The Bertz CT molecular complexity index is 565. The average Bonchev–Trinajstić information content (AvgIpc) is 3.00. The largest absolute Gasteiger partial charge is 0.497 e. The lowest BCUT2D eigenvalue weighted by molar-refractivity contribution is 0.413. The number of aromatic nitrogens is 2. The molecule has 0 saturated heterocycles. The highest BCUT2D eigenvalue weighted by Gasteiger charge is 2.13. The number of hydrogen-bond acceptors (Lipinski definition) is 3. The van der Waals surface area contributed by atoms with Gasteiger partial charge in [0.2, 0.25) is 0 Å². The first-order chi connectivity index (χ1) is 10.2. The minimum atomic E-state index is 0.236. The van der Waals surface area contributed by atoms with E-state index in [1.54, 1.807) is 7.11 Å². The summed E-state index contributed by atoms with van der Waals surface area (Å²) in [6.07, 6.45) is 4.03. The van der Waals surface area contributed by atoms with Crippen LogP contribution in [0, 0.1) is 0 Å². The summed E-state index contributed by atoms with van der Waals surface area (Å²) in [6.45, 7) is 4.37. The summed E-state index contributed by atoms with van der Waals surface area (Å²) < 4.78 is 7.35. The fourth-order valence-electron chi connectivity index (χ4n) is 2.37. The first-order valence-electron chi connectivity index (χ1n) is 7.53. The molecule has 2 aromatic rings. The zero-order valence-corrected chi connectivity index (χ0v) is 13.3. The van der Waals surface area contributed by atoms with E-state index in [0.29, 0.717) is 6.04 Å². The van der Waals surface area contributed by atoms with Gasteiger partial charge in [0.25, 0.3) is 0 Å². The van der Waals surface area contributed by atoms with Crippen LogP contribution in [0.4, 0.5) is 0 Å². The molecule has 0 amide bonds. The van der Waals surface area contributed by atoms with E-state index in [-0.39, 0.29) is 6.04 Å². The maximum atomic E-state index is 5.30. The zero-order valence-electron chi connectivity index (χ0n) is 13.3. The number of nitrogens with one attached hydrogen (secondary N) is 1. The van der Waals surface area contributed by atoms with Crippen molar-refractivity contribution in [2.24, 2.45) is 0 Å². The van der Waals surface area contributed by atoms with Gasteiger partial charge < -0.3 is 10.1 Å². The van der Waals surface area contributed by atoms with Crippen LogP contribution < -0.4 is 10.1 Å². The molecular weight excluding hydrogens is 262 g/mol. The standard InChI is InChI=1S/C17H25N3O/c1-5-13(2)20-10-9-15(19-20)12-17(18-3)14-7-6-8-16(11-14)21-4/h6-11,13,17-18H,5,12H2,1-4H3. The van der Waals surface area contributed by atoms with Gasteiger partial charge in [-0.1, -0.05) is 19.1 Å². The molecule has 2 atom stereocenters.